The standard InChI is InChI=1S/C18H28N2O3.ClH/c1-3-10-20(16-8-9-19-14-16)18(21)15-6-4-7-17(13-15)23-12-5-11-22-2;/h4,6-7,13,16,19H,3,5,8-12,14H2,1-2H3;1H. The van der Waals surface area contributed by atoms with E-state index in [1.54, 1.807) is 7.11 Å². The molecule has 0 radical (unpaired) electrons. The van der Waals surface area contributed by atoms with Crippen LogP contribution in [0, 0.1) is 0 Å². The summed E-state index contributed by atoms with van der Waals surface area (Å²) >= 11 is 0. The van der Waals surface area contributed by atoms with Crippen LogP contribution < -0.4 is 10.1 Å². The lowest BCUT2D eigenvalue weighted by atomic mass is 10.1. The van der Waals surface area contributed by atoms with Crippen molar-refractivity contribution in [1.82, 2.24) is 10.2 Å². The number of nitrogens with one attached hydrogen (secondary N) is 1. The molecule has 6 heteroatoms. The Morgan fingerprint density at radius 1 is 1.38 bits per heavy atom. The highest BCUT2D eigenvalue weighted by atomic mass is 35.5. The number of hydrogen-bond acceptors (Lipinski definition) is 4. The fourth-order valence-corrected chi connectivity index (χ4v) is 2.87. The Labute approximate surface area is 151 Å². The van der Waals surface area contributed by atoms with Crippen LogP contribution in [0.1, 0.15) is 36.5 Å². The van der Waals surface area contributed by atoms with Gasteiger partial charge in [0, 0.05) is 44.8 Å². The van der Waals surface area contributed by atoms with Gasteiger partial charge in [0.25, 0.3) is 5.91 Å². The van der Waals surface area contributed by atoms with Crippen molar-refractivity contribution in [1.29, 1.82) is 0 Å². The van der Waals surface area contributed by atoms with Gasteiger partial charge in [0.1, 0.15) is 5.75 Å². The number of ether oxygens (including phenoxy) is 2. The first-order valence-electron chi connectivity index (χ1n) is 8.49. The van der Waals surface area contributed by atoms with Crippen LogP contribution in [-0.4, -0.2) is 56.8 Å². The normalized spacial score (nSPS) is 16.5. The van der Waals surface area contributed by atoms with Crippen LogP contribution in [0.4, 0.5) is 0 Å². The predicted molar refractivity (Wildman–Crippen MR) is 98.3 cm³/mol. The minimum atomic E-state index is 0. The van der Waals surface area contributed by atoms with E-state index in [0.29, 0.717) is 24.8 Å². The van der Waals surface area contributed by atoms with Crippen molar-refractivity contribution in [2.75, 3.05) is 40.0 Å². The first-order valence-corrected chi connectivity index (χ1v) is 8.49. The van der Waals surface area contributed by atoms with Crippen molar-refractivity contribution in [3.8, 4) is 5.75 Å². The highest BCUT2D eigenvalue weighted by Crippen LogP contribution is 2.18. The molecule has 5 nitrogen and oxygen atoms in total. The summed E-state index contributed by atoms with van der Waals surface area (Å²) in [5.41, 5.74) is 0.703. The van der Waals surface area contributed by atoms with Crippen LogP contribution in [0.5, 0.6) is 5.75 Å². The fraction of sp³-hybridized carbons (Fsp3) is 0.611. The molecule has 1 aromatic rings. The molecule has 0 spiro atoms. The second-order valence-corrected chi connectivity index (χ2v) is 5.87. The number of rotatable bonds is 9. The topological polar surface area (TPSA) is 50.8 Å². The molecule has 1 aliphatic heterocycles. The second-order valence-electron chi connectivity index (χ2n) is 5.87. The van der Waals surface area contributed by atoms with E-state index in [9.17, 15) is 4.79 Å². The Hall–Kier alpha value is -1.30. The van der Waals surface area contributed by atoms with E-state index >= 15 is 0 Å². The van der Waals surface area contributed by atoms with Crippen molar-refractivity contribution >= 4 is 18.3 Å². The van der Waals surface area contributed by atoms with E-state index in [0.717, 1.165) is 44.6 Å². The third kappa shape index (κ3) is 5.96. The minimum Gasteiger partial charge on any atom is -0.493 e. The summed E-state index contributed by atoms with van der Waals surface area (Å²) in [6.07, 6.45) is 2.83. The van der Waals surface area contributed by atoms with Gasteiger partial charge in [0.15, 0.2) is 0 Å². The molecule has 1 atom stereocenters. The summed E-state index contributed by atoms with van der Waals surface area (Å²) < 4.78 is 10.7. The molecule has 1 amide bonds. The highest BCUT2D eigenvalue weighted by molar-refractivity contribution is 5.94. The third-order valence-corrected chi connectivity index (χ3v) is 4.04. The van der Waals surface area contributed by atoms with Crippen LogP contribution in [0.3, 0.4) is 0 Å². The molecule has 1 heterocycles. The molecule has 1 unspecified atom stereocenters. The minimum absolute atomic E-state index is 0. The van der Waals surface area contributed by atoms with E-state index in [4.69, 9.17) is 9.47 Å². The van der Waals surface area contributed by atoms with Crippen LogP contribution in [0.15, 0.2) is 24.3 Å². The summed E-state index contributed by atoms with van der Waals surface area (Å²) in [7, 11) is 1.68. The number of carbonyl (C=O) groups is 1. The van der Waals surface area contributed by atoms with Crippen LogP contribution >= 0.6 is 12.4 Å². The molecule has 0 aromatic heterocycles. The third-order valence-electron chi connectivity index (χ3n) is 4.04. The zero-order chi connectivity index (χ0) is 16.5. The summed E-state index contributed by atoms with van der Waals surface area (Å²) in [6, 6.07) is 7.80. The Morgan fingerprint density at radius 2 is 2.21 bits per heavy atom. The largest absolute Gasteiger partial charge is 0.493 e. The Morgan fingerprint density at radius 3 is 2.88 bits per heavy atom. The number of methoxy groups -OCH3 is 1. The maximum absolute atomic E-state index is 12.9. The number of carbonyl (C=O) groups excluding carboxylic acids is 1. The molecule has 0 saturated carbocycles. The zero-order valence-electron chi connectivity index (χ0n) is 14.6. The number of nitrogens with zero attached hydrogens (tertiary/aromatic N) is 1. The Balaban J connectivity index is 0.00000288. The molecule has 1 fully saturated rings. The number of hydrogen-bond donors (Lipinski definition) is 1. The number of amides is 1. The molecule has 1 aromatic carbocycles. The van der Waals surface area contributed by atoms with Gasteiger partial charge in [-0.2, -0.15) is 0 Å². The van der Waals surface area contributed by atoms with Crippen molar-refractivity contribution < 1.29 is 14.3 Å². The first kappa shape index (κ1) is 20.7. The van der Waals surface area contributed by atoms with Gasteiger partial charge < -0.3 is 19.7 Å². The highest BCUT2D eigenvalue weighted by Gasteiger charge is 2.26. The molecule has 1 saturated heterocycles. The maximum Gasteiger partial charge on any atom is 0.254 e. The molecular weight excluding hydrogens is 328 g/mol. The van der Waals surface area contributed by atoms with E-state index in [2.05, 4.69) is 12.2 Å². The van der Waals surface area contributed by atoms with Gasteiger partial charge in [-0.3, -0.25) is 4.79 Å². The molecule has 24 heavy (non-hydrogen) atoms. The summed E-state index contributed by atoms with van der Waals surface area (Å²) in [4.78, 5) is 14.9. The molecule has 0 bridgehead atoms. The van der Waals surface area contributed by atoms with Crippen molar-refractivity contribution in [2.24, 2.45) is 0 Å². The molecule has 1 aliphatic rings. The lowest BCUT2D eigenvalue weighted by molar-refractivity contribution is 0.0691. The zero-order valence-corrected chi connectivity index (χ0v) is 15.4. The maximum atomic E-state index is 12.9. The average molecular weight is 357 g/mol. The predicted octanol–water partition coefficient (Wildman–Crippen LogP) is 2.74. The summed E-state index contributed by atoms with van der Waals surface area (Å²) in [6.45, 7) is 6.05. The van der Waals surface area contributed by atoms with Gasteiger partial charge in [-0.25, -0.2) is 0 Å². The second kappa shape index (κ2) is 11.3. The van der Waals surface area contributed by atoms with E-state index < -0.39 is 0 Å². The van der Waals surface area contributed by atoms with E-state index in [1.165, 1.54) is 0 Å². The van der Waals surface area contributed by atoms with E-state index in [-0.39, 0.29) is 18.3 Å². The first-order chi connectivity index (χ1) is 11.3. The molecule has 0 aliphatic carbocycles. The number of benzene rings is 1. The molecule has 136 valence electrons. The average Bonchev–Trinajstić information content (AvgIpc) is 3.10. The molecule has 1 N–H and O–H groups in total. The Kier molecular flexibility index (Phi) is 9.76. The van der Waals surface area contributed by atoms with Gasteiger partial charge in [0.2, 0.25) is 0 Å². The van der Waals surface area contributed by atoms with Gasteiger partial charge in [-0.15, -0.1) is 12.4 Å². The van der Waals surface area contributed by atoms with Crippen LogP contribution in [-0.2, 0) is 4.74 Å². The molecule has 2 rings (SSSR count). The van der Waals surface area contributed by atoms with Crippen LogP contribution in [0.2, 0.25) is 0 Å². The van der Waals surface area contributed by atoms with Crippen LogP contribution in [0.25, 0.3) is 0 Å². The van der Waals surface area contributed by atoms with E-state index in [1.807, 2.05) is 29.2 Å². The number of halogens is 1. The van der Waals surface area contributed by atoms with Gasteiger partial charge in [0.05, 0.1) is 6.61 Å². The van der Waals surface area contributed by atoms with Gasteiger partial charge in [-0.1, -0.05) is 13.0 Å². The van der Waals surface area contributed by atoms with Crippen molar-refractivity contribution in [3.63, 3.8) is 0 Å². The van der Waals surface area contributed by atoms with Crippen molar-refractivity contribution in [2.45, 2.75) is 32.2 Å². The van der Waals surface area contributed by atoms with Gasteiger partial charge in [-0.05, 0) is 37.6 Å². The lowest BCUT2D eigenvalue weighted by Gasteiger charge is -2.28. The summed E-state index contributed by atoms with van der Waals surface area (Å²) in [5.74, 6) is 0.843. The Bertz CT molecular complexity index is 493. The lowest BCUT2D eigenvalue weighted by Crippen LogP contribution is -2.42. The van der Waals surface area contributed by atoms with Gasteiger partial charge >= 0.3 is 0 Å². The quantitative estimate of drug-likeness (QED) is 0.691. The summed E-state index contributed by atoms with van der Waals surface area (Å²) in [5, 5.41) is 3.34. The monoisotopic (exact) mass is 356 g/mol. The fourth-order valence-electron chi connectivity index (χ4n) is 2.87. The van der Waals surface area contributed by atoms with Crippen molar-refractivity contribution in [3.05, 3.63) is 29.8 Å². The smallest absolute Gasteiger partial charge is 0.254 e. The SMILES string of the molecule is CCCN(C(=O)c1cccc(OCCCOC)c1)C1CCNC1.Cl. The molecular formula is C18H29ClN2O3.